The Bertz CT molecular complexity index is 1140. The number of pyridine rings is 1. The number of fused-ring (bicyclic) bond motifs is 1. The smallest absolute Gasteiger partial charge is 0.255 e. The maximum Gasteiger partial charge on any atom is 0.255 e. The zero-order chi connectivity index (χ0) is 19.0. The summed E-state index contributed by atoms with van der Waals surface area (Å²) >= 11 is 6.07. The Hall–Kier alpha value is -2.48. The van der Waals surface area contributed by atoms with Gasteiger partial charge in [-0.2, -0.15) is 0 Å². The van der Waals surface area contributed by atoms with E-state index in [1.807, 2.05) is 24.3 Å². The monoisotopic (exact) mass is 401 g/mol. The molecule has 1 aliphatic rings. The number of carbonyl (C=O) groups is 1. The molecule has 138 valence electrons. The van der Waals surface area contributed by atoms with Crippen LogP contribution in [-0.4, -0.2) is 25.4 Å². The fourth-order valence-corrected chi connectivity index (χ4v) is 4.56. The zero-order valence-electron chi connectivity index (χ0n) is 14.1. The van der Waals surface area contributed by atoms with Gasteiger partial charge >= 0.3 is 0 Å². The van der Waals surface area contributed by atoms with Crippen LogP contribution in [0.1, 0.15) is 23.2 Å². The highest BCUT2D eigenvalue weighted by Crippen LogP contribution is 2.27. The summed E-state index contributed by atoms with van der Waals surface area (Å²) in [4.78, 5) is 16.9. The molecule has 0 bridgehead atoms. The van der Waals surface area contributed by atoms with E-state index < -0.39 is 15.9 Å². The molecule has 1 fully saturated rings. The highest BCUT2D eigenvalue weighted by Gasteiger charge is 2.29. The van der Waals surface area contributed by atoms with Gasteiger partial charge in [-0.05, 0) is 43.2 Å². The van der Waals surface area contributed by atoms with Gasteiger partial charge in [-0.1, -0.05) is 29.8 Å². The zero-order valence-corrected chi connectivity index (χ0v) is 15.7. The predicted octanol–water partition coefficient (Wildman–Crippen LogP) is 3.58. The van der Waals surface area contributed by atoms with Crippen LogP contribution in [0.2, 0.25) is 5.02 Å². The second-order valence-corrected chi connectivity index (χ2v) is 8.47. The number of hydrogen-bond donors (Lipinski definition) is 2. The molecule has 2 aromatic carbocycles. The number of benzene rings is 2. The van der Waals surface area contributed by atoms with Crippen LogP contribution in [0.25, 0.3) is 10.9 Å². The number of carbonyl (C=O) groups excluding carboxylic acids is 1. The van der Waals surface area contributed by atoms with E-state index >= 15 is 0 Å². The van der Waals surface area contributed by atoms with Gasteiger partial charge in [0.25, 0.3) is 5.91 Å². The first-order chi connectivity index (χ1) is 12.9. The highest BCUT2D eigenvalue weighted by atomic mass is 35.5. The van der Waals surface area contributed by atoms with Gasteiger partial charge < -0.3 is 5.32 Å². The Morgan fingerprint density at radius 1 is 1.11 bits per heavy atom. The van der Waals surface area contributed by atoms with Crippen LogP contribution in [0.5, 0.6) is 0 Å². The van der Waals surface area contributed by atoms with E-state index in [2.05, 4.69) is 15.0 Å². The first-order valence-corrected chi connectivity index (χ1v) is 10.3. The summed E-state index contributed by atoms with van der Waals surface area (Å²) in [6, 6.07) is 13.3. The van der Waals surface area contributed by atoms with E-state index in [9.17, 15) is 13.2 Å². The lowest BCUT2D eigenvalue weighted by atomic mass is 10.1. The molecule has 1 amide bonds. The number of amides is 1. The molecule has 8 heteroatoms. The molecular formula is C19H16ClN3O3S. The lowest BCUT2D eigenvalue weighted by Gasteiger charge is -2.11. The van der Waals surface area contributed by atoms with Crippen molar-refractivity contribution in [3.63, 3.8) is 0 Å². The molecule has 1 saturated carbocycles. The van der Waals surface area contributed by atoms with E-state index in [1.165, 1.54) is 18.2 Å². The van der Waals surface area contributed by atoms with E-state index in [-0.39, 0.29) is 21.5 Å². The van der Waals surface area contributed by atoms with Crippen molar-refractivity contribution in [3.8, 4) is 0 Å². The van der Waals surface area contributed by atoms with Crippen molar-refractivity contribution in [2.75, 3.05) is 5.32 Å². The summed E-state index contributed by atoms with van der Waals surface area (Å²) < 4.78 is 27.5. The number of anilines is 1. The van der Waals surface area contributed by atoms with Gasteiger partial charge in [0, 0.05) is 23.2 Å². The van der Waals surface area contributed by atoms with Crippen LogP contribution < -0.4 is 10.0 Å². The number of nitrogens with one attached hydrogen (secondary N) is 2. The average molecular weight is 402 g/mol. The highest BCUT2D eigenvalue weighted by molar-refractivity contribution is 7.89. The van der Waals surface area contributed by atoms with E-state index in [0.29, 0.717) is 11.2 Å². The number of hydrogen-bond acceptors (Lipinski definition) is 4. The molecule has 0 aliphatic heterocycles. The quantitative estimate of drug-likeness (QED) is 0.683. The van der Waals surface area contributed by atoms with Crippen LogP contribution >= 0.6 is 11.6 Å². The second kappa shape index (κ2) is 6.92. The number of sulfonamides is 1. The van der Waals surface area contributed by atoms with Gasteiger partial charge in [-0.15, -0.1) is 0 Å². The van der Waals surface area contributed by atoms with Crippen LogP contribution in [0, 0.1) is 0 Å². The molecular weight excluding hydrogens is 386 g/mol. The summed E-state index contributed by atoms with van der Waals surface area (Å²) in [6.07, 6.45) is 3.27. The molecule has 3 aromatic rings. The van der Waals surface area contributed by atoms with Crippen molar-refractivity contribution in [3.05, 3.63) is 65.3 Å². The van der Waals surface area contributed by atoms with Gasteiger partial charge in [-0.3, -0.25) is 9.78 Å². The summed E-state index contributed by atoms with van der Waals surface area (Å²) in [6.45, 7) is 0. The van der Waals surface area contributed by atoms with Gasteiger partial charge in [0.15, 0.2) is 0 Å². The van der Waals surface area contributed by atoms with Gasteiger partial charge in [0.1, 0.15) is 4.90 Å². The molecule has 4 rings (SSSR count). The number of para-hydroxylation sites is 1. The topological polar surface area (TPSA) is 88.2 Å². The van der Waals surface area contributed by atoms with E-state index in [4.69, 9.17) is 11.6 Å². The van der Waals surface area contributed by atoms with Crippen molar-refractivity contribution in [1.29, 1.82) is 0 Å². The minimum Gasteiger partial charge on any atom is -0.320 e. The third-order valence-corrected chi connectivity index (χ3v) is 6.27. The Kier molecular flexibility index (Phi) is 4.59. The number of nitrogens with zero attached hydrogens (tertiary/aromatic N) is 1. The van der Waals surface area contributed by atoms with Crippen LogP contribution in [0.15, 0.2) is 59.6 Å². The Morgan fingerprint density at radius 3 is 2.67 bits per heavy atom. The third-order valence-electron chi connectivity index (χ3n) is 4.26. The van der Waals surface area contributed by atoms with Gasteiger partial charge in [-0.25, -0.2) is 13.1 Å². The molecule has 0 saturated heterocycles. The van der Waals surface area contributed by atoms with Crippen molar-refractivity contribution in [2.24, 2.45) is 0 Å². The van der Waals surface area contributed by atoms with Crippen molar-refractivity contribution in [1.82, 2.24) is 9.71 Å². The molecule has 2 N–H and O–H groups in total. The normalized spacial score (nSPS) is 14.3. The fourth-order valence-electron chi connectivity index (χ4n) is 2.73. The molecule has 0 spiro atoms. The molecule has 1 aliphatic carbocycles. The standard InChI is InChI=1S/C19H16ClN3O3S/c20-15-9-6-13(11-17(15)27(25,26)23-14-7-8-14)19(24)22-16-5-1-3-12-4-2-10-21-18(12)16/h1-6,9-11,14,23H,7-8H2,(H,22,24). The maximum atomic E-state index is 12.7. The van der Waals surface area contributed by atoms with Crippen molar-refractivity contribution >= 4 is 44.1 Å². The van der Waals surface area contributed by atoms with E-state index in [0.717, 1.165) is 18.2 Å². The lowest BCUT2D eigenvalue weighted by Crippen LogP contribution is -2.26. The van der Waals surface area contributed by atoms with Crippen molar-refractivity contribution in [2.45, 2.75) is 23.8 Å². The third kappa shape index (κ3) is 3.80. The molecule has 1 aromatic heterocycles. The molecule has 6 nitrogen and oxygen atoms in total. The molecule has 0 atom stereocenters. The largest absolute Gasteiger partial charge is 0.320 e. The Balaban J connectivity index is 1.65. The minimum absolute atomic E-state index is 0.0506. The number of rotatable bonds is 5. The van der Waals surface area contributed by atoms with E-state index in [1.54, 1.807) is 12.3 Å². The maximum absolute atomic E-state index is 12.7. The molecule has 27 heavy (non-hydrogen) atoms. The first-order valence-electron chi connectivity index (χ1n) is 8.41. The summed E-state index contributed by atoms with van der Waals surface area (Å²) in [5.74, 6) is -0.437. The summed E-state index contributed by atoms with van der Waals surface area (Å²) in [7, 11) is -3.77. The average Bonchev–Trinajstić information content (AvgIpc) is 3.45. The first kappa shape index (κ1) is 17.9. The fraction of sp³-hybridized carbons (Fsp3) is 0.158. The minimum atomic E-state index is -3.77. The van der Waals surface area contributed by atoms with Gasteiger partial charge in [0.2, 0.25) is 10.0 Å². The number of aromatic nitrogens is 1. The second-order valence-electron chi connectivity index (χ2n) is 6.38. The van der Waals surface area contributed by atoms with Crippen LogP contribution in [0.3, 0.4) is 0 Å². The van der Waals surface area contributed by atoms with Crippen molar-refractivity contribution < 1.29 is 13.2 Å². The summed E-state index contributed by atoms with van der Waals surface area (Å²) in [5, 5.41) is 3.76. The number of halogens is 1. The van der Waals surface area contributed by atoms with Gasteiger partial charge in [0.05, 0.1) is 16.2 Å². The van der Waals surface area contributed by atoms with Crippen LogP contribution in [0.4, 0.5) is 5.69 Å². The molecule has 0 radical (unpaired) electrons. The van der Waals surface area contributed by atoms with Crippen LogP contribution in [-0.2, 0) is 10.0 Å². The Morgan fingerprint density at radius 2 is 1.89 bits per heavy atom. The predicted molar refractivity (Wildman–Crippen MR) is 104 cm³/mol. The summed E-state index contributed by atoms with van der Waals surface area (Å²) in [5.41, 5.74) is 1.41. The lowest BCUT2D eigenvalue weighted by molar-refractivity contribution is 0.102. The molecule has 0 unspecified atom stereocenters. The SMILES string of the molecule is O=C(Nc1cccc2cccnc12)c1ccc(Cl)c(S(=O)(=O)NC2CC2)c1. The molecule has 1 heterocycles. The Labute approximate surface area is 161 Å².